The number of hydrogen-bond donors (Lipinski definition) is 2. The number of anilines is 1. The van der Waals surface area contributed by atoms with Gasteiger partial charge in [-0.3, -0.25) is 10.1 Å². The quantitative estimate of drug-likeness (QED) is 0.639. The zero-order valence-electron chi connectivity index (χ0n) is 11.1. The van der Waals surface area contributed by atoms with E-state index in [9.17, 15) is 4.79 Å². The lowest BCUT2D eigenvalue weighted by atomic mass is 10.2. The average molecular weight is 343 g/mol. The molecule has 2 N–H and O–H groups in total. The standard InChI is InChI=1S/C13H12Cl2N4OS/c1-2-21-13-17-12(18-19-13)16-11(20)6-4-8-3-5-9(14)7-10(8)15/h3-7H,2H2,1H3,(H2,16,17,18,19,20)/b6-4+. The van der Waals surface area contributed by atoms with Gasteiger partial charge in [-0.2, -0.15) is 4.98 Å². The predicted octanol–water partition coefficient (Wildman–Crippen LogP) is 3.88. The molecular formula is C13H12Cl2N4OS. The lowest BCUT2D eigenvalue weighted by molar-refractivity contribution is -0.111. The van der Waals surface area contributed by atoms with Crippen molar-refractivity contribution in [3.63, 3.8) is 0 Å². The maximum Gasteiger partial charge on any atom is 0.250 e. The van der Waals surface area contributed by atoms with Crippen LogP contribution in [0.5, 0.6) is 0 Å². The molecule has 1 heterocycles. The van der Waals surface area contributed by atoms with E-state index in [1.807, 2.05) is 6.92 Å². The fourth-order valence-corrected chi connectivity index (χ4v) is 2.45. The summed E-state index contributed by atoms with van der Waals surface area (Å²) in [5.41, 5.74) is 0.705. The second-order valence-electron chi connectivity index (χ2n) is 3.89. The molecule has 110 valence electrons. The predicted molar refractivity (Wildman–Crippen MR) is 86.9 cm³/mol. The van der Waals surface area contributed by atoms with Crippen molar-refractivity contribution in [1.29, 1.82) is 0 Å². The molecule has 2 aromatic rings. The van der Waals surface area contributed by atoms with E-state index in [0.29, 0.717) is 26.7 Å². The minimum atomic E-state index is -0.329. The smallest absolute Gasteiger partial charge is 0.250 e. The Bertz CT molecular complexity index is 672. The minimum Gasteiger partial charge on any atom is -0.291 e. The lowest BCUT2D eigenvalue weighted by Crippen LogP contribution is -2.09. The van der Waals surface area contributed by atoms with Gasteiger partial charge in [0.05, 0.1) is 0 Å². The Balaban J connectivity index is 1.98. The molecule has 5 nitrogen and oxygen atoms in total. The number of carbonyl (C=O) groups excluding carboxylic acids is 1. The second-order valence-corrected chi connectivity index (χ2v) is 5.96. The third-order valence-corrected chi connectivity index (χ3v) is 3.65. The van der Waals surface area contributed by atoms with Crippen LogP contribution >= 0.6 is 35.0 Å². The van der Waals surface area contributed by atoms with E-state index in [2.05, 4.69) is 20.5 Å². The molecule has 1 amide bonds. The zero-order chi connectivity index (χ0) is 15.2. The molecule has 1 aromatic heterocycles. The Labute approximate surface area is 136 Å². The van der Waals surface area contributed by atoms with E-state index in [0.717, 1.165) is 5.75 Å². The highest BCUT2D eigenvalue weighted by molar-refractivity contribution is 7.99. The first-order valence-corrected chi connectivity index (χ1v) is 7.82. The van der Waals surface area contributed by atoms with Gasteiger partial charge in [0, 0.05) is 16.1 Å². The van der Waals surface area contributed by atoms with Gasteiger partial charge < -0.3 is 0 Å². The number of nitrogens with zero attached hydrogens (tertiary/aromatic N) is 2. The maximum absolute atomic E-state index is 11.8. The molecule has 0 bridgehead atoms. The monoisotopic (exact) mass is 342 g/mol. The first kappa shape index (κ1) is 15.9. The summed E-state index contributed by atoms with van der Waals surface area (Å²) in [6.07, 6.45) is 2.97. The Morgan fingerprint density at radius 3 is 3.00 bits per heavy atom. The summed E-state index contributed by atoms with van der Waals surface area (Å²) in [5, 5.41) is 10.8. The fraction of sp³-hybridized carbons (Fsp3) is 0.154. The van der Waals surface area contributed by atoms with Crippen LogP contribution < -0.4 is 5.32 Å². The van der Waals surface area contributed by atoms with Crippen molar-refractivity contribution in [1.82, 2.24) is 15.2 Å². The van der Waals surface area contributed by atoms with Crippen molar-refractivity contribution in [2.75, 3.05) is 11.1 Å². The molecule has 2 rings (SSSR count). The number of halogens is 2. The largest absolute Gasteiger partial charge is 0.291 e. The fourth-order valence-electron chi connectivity index (χ4n) is 1.46. The molecule has 1 aromatic carbocycles. The molecule has 0 aliphatic rings. The molecule has 0 atom stereocenters. The Hall–Kier alpha value is -1.50. The van der Waals surface area contributed by atoms with E-state index in [-0.39, 0.29) is 5.91 Å². The van der Waals surface area contributed by atoms with Crippen LogP contribution in [-0.2, 0) is 4.79 Å². The van der Waals surface area contributed by atoms with Crippen LogP contribution in [0.4, 0.5) is 5.95 Å². The van der Waals surface area contributed by atoms with Gasteiger partial charge in [-0.1, -0.05) is 48.0 Å². The third kappa shape index (κ3) is 4.77. The molecule has 0 fully saturated rings. The molecule has 0 saturated carbocycles. The molecule has 0 saturated heterocycles. The summed E-state index contributed by atoms with van der Waals surface area (Å²) in [6.45, 7) is 2.00. The number of nitrogens with one attached hydrogen (secondary N) is 2. The summed E-state index contributed by atoms with van der Waals surface area (Å²) in [7, 11) is 0. The van der Waals surface area contributed by atoms with Crippen molar-refractivity contribution in [2.45, 2.75) is 12.1 Å². The summed E-state index contributed by atoms with van der Waals surface area (Å²) in [5.74, 6) is 0.841. The van der Waals surface area contributed by atoms with Gasteiger partial charge in [-0.05, 0) is 29.5 Å². The van der Waals surface area contributed by atoms with Gasteiger partial charge in [0.15, 0.2) is 0 Å². The molecule has 0 unspecified atom stereocenters. The van der Waals surface area contributed by atoms with E-state index >= 15 is 0 Å². The molecule has 0 radical (unpaired) electrons. The zero-order valence-corrected chi connectivity index (χ0v) is 13.4. The van der Waals surface area contributed by atoms with Crippen LogP contribution in [0, 0.1) is 0 Å². The van der Waals surface area contributed by atoms with Crippen LogP contribution in [0.2, 0.25) is 10.0 Å². The topological polar surface area (TPSA) is 70.7 Å². The molecule has 21 heavy (non-hydrogen) atoms. The summed E-state index contributed by atoms with van der Waals surface area (Å²) >= 11 is 13.3. The number of amides is 1. The number of aromatic amines is 1. The summed E-state index contributed by atoms with van der Waals surface area (Å²) in [4.78, 5) is 15.9. The van der Waals surface area contributed by atoms with Gasteiger partial charge in [0.2, 0.25) is 11.1 Å². The van der Waals surface area contributed by atoms with E-state index in [4.69, 9.17) is 23.2 Å². The van der Waals surface area contributed by atoms with E-state index in [1.54, 1.807) is 24.3 Å². The highest BCUT2D eigenvalue weighted by Crippen LogP contribution is 2.22. The van der Waals surface area contributed by atoms with Gasteiger partial charge in [0.1, 0.15) is 0 Å². The van der Waals surface area contributed by atoms with E-state index in [1.165, 1.54) is 17.8 Å². The van der Waals surface area contributed by atoms with Gasteiger partial charge >= 0.3 is 0 Å². The number of benzene rings is 1. The van der Waals surface area contributed by atoms with Crippen molar-refractivity contribution in [3.8, 4) is 0 Å². The van der Waals surface area contributed by atoms with Crippen LogP contribution in [0.15, 0.2) is 29.4 Å². The Kier molecular flexibility index (Phi) is 5.67. The number of rotatable bonds is 5. The molecular weight excluding hydrogens is 331 g/mol. The second kappa shape index (κ2) is 7.49. The van der Waals surface area contributed by atoms with Crippen molar-refractivity contribution in [3.05, 3.63) is 39.9 Å². The van der Waals surface area contributed by atoms with Crippen LogP contribution in [0.1, 0.15) is 12.5 Å². The van der Waals surface area contributed by atoms with Crippen molar-refractivity contribution < 1.29 is 4.79 Å². The third-order valence-electron chi connectivity index (χ3n) is 2.36. The number of carbonyl (C=O) groups is 1. The minimum absolute atomic E-state index is 0.308. The van der Waals surface area contributed by atoms with Crippen LogP contribution in [-0.4, -0.2) is 26.8 Å². The molecule has 8 heteroatoms. The normalized spacial score (nSPS) is 11.0. The van der Waals surface area contributed by atoms with Gasteiger partial charge in [0.25, 0.3) is 5.91 Å². The maximum atomic E-state index is 11.8. The van der Waals surface area contributed by atoms with E-state index < -0.39 is 0 Å². The van der Waals surface area contributed by atoms with Crippen LogP contribution in [0.3, 0.4) is 0 Å². The highest BCUT2D eigenvalue weighted by Gasteiger charge is 2.05. The summed E-state index contributed by atoms with van der Waals surface area (Å²) < 4.78 is 0. The first-order chi connectivity index (χ1) is 10.1. The first-order valence-electron chi connectivity index (χ1n) is 6.08. The SMILES string of the molecule is CCSc1n[nH]c(NC(=O)/C=C/c2ccc(Cl)cc2Cl)n1. The summed E-state index contributed by atoms with van der Waals surface area (Å²) in [6, 6.07) is 5.06. The van der Waals surface area contributed by atoms with Gasteiger partial charge in [-0.15, -0.1) is 5.10 Å². The average Bonchev–Trinajstić information content (AvgIpc) is 2.85. The number of aromatic nitrogens is 3. The molecule has 0 aliphatic heterocycles. The van der Waals surface area contributed by atoms with Crippen molar-refractivity contribution in [2.24, 2.45) is 0 Å². The van der Waals surface area contributed by atoms with Crippen molar-refractivity contribution >= 4 is 52.9 Å². The highest BCUT2D eigenvalue weighted by atomic mass is 35.5. The Morgan fingerprint density at radius 2 is 2.29 bits per heavy atom. The van der Waals surface area contributed by atoms with Gasteiger partial charge in [-0.25, -0.2) is 5.10 Å². The number of thioether (sulfide) groups is 1. The molecule has 0 aliphatic carbocycles. The Morgan fingerprint density at radius 1 is 1.48 bits per heavy atom. The number of H-pyrrole nitrogens is 1. The van der Waals surface area contributed by atoms with Crippen LogP contribution in [0.25, 0.3) is 6.08 Å². The lowest BCUT2D eigenvalue weighted by Gasteiger charge is -1.99. The molecule has 0 spiro atoms. The number of hydrogen-bond acceptors (Lipinski definition) is 4.